The zero-order valence-corrected chi connectivity index (χ0v) is 13.1. The van der Waals surface area contributed by atoms with Crippen molar-refractivity contribution in [2.45, 2.75) is 57.5 Å². The molecule has 1 heterocycles. The Balaban J connectivity index is 3.13. The van der Waals surface area contributed by atoms with E-state index >= 15 is 0 Å². The number of ether oxygens (including phenoxy) is 1. The monoisotopic (exact) mass is 303 g/mol. The molecular formula is C12H22BrN3O. The molecule has 4 nitrogen and oxygen atoms in total. The highest BCUT2D eigenvalue weighted by molar-refractivity contribution is 9.08. The molecule has 0 aliphatic rings. The fraction of sp³-hybridized carbons (Fsp3) is 0.833. The molecule has 1 rings (SSSR count). The second kappa shape index (κ2) is 5.06. The van der Waals surface area contributed by atoms with Crippen LogP contribution in [-0.2, 0) is 22.0 Å². The predicted octanol–water partition coefficient (Wildman–Crippen LogP) is 2.90. The predicted molar refractivity (Wildman–Crippen MR) is 72.4 cm³/mol. The molecule has 98 valence electrons. The Hall–Kier alpha value is -0.420. The number of nitrogens with zero attached hydrogens (tertiary/aromatic N) is 3. The summed E-state index contributed by atoms with van der Waals surface area (Å²) in [7, 11) is 1.73. The molecule has 0 saturated heterocycles. The van der Waals surface area contributed by atoms with Gasteiger partial charge in [-0.05, 0) is 34.6 Å². The molecule has 1 aromatic heterocycles. The fourth-order valence-corrected chi connectivity index (χ4v) is 2.14. The van der Waals surface area contributed by atoms with Gasteiger partial charge < -0.3 is 9.30 Å². The molecule has 0 unspecified atom stereocenters. The van der Waals surface area contributed by atoms with Crippen molar-refractivity contribution in [1.29, 1.82) is 0 Å². The smallest absolute Gasteiger partial charge is 0.144 e. The molecular weight excluding hydrogens is 282 g/mol. The summed E-state index contributed by atoms with van der Waals surface area (Å²) < 4.78 is 7.64. The standard InChI is InChI=1S/C12H22BrN3O/c1-11(2,3)16-9(7-12(4,5)17-6)14-15-10(16)8-13/h7-8H2,1-6H3. The SMILES string of the molecule is COC(C)(C)Cc1nnc(CBr)n1C(C)(C)C. The van der Waals surface area contributed by atoms with E-state index < -0.39 is 0 Å². The quantitative estimate of drug-likeness (QED) is 0.803. The van der Waals surface area contributed by atoms with E-state index in [1.807, 2.05) is 0 Å². The third-order valence-corrected chi connectivity index (χ3v) is 3.23. The van der Waals surface area contributed by atoms with Gasteiger partial charge in [-0.2, -0.15) is 0 Å². The first-order chi connectivity index (χ1) is 7.71. The number of hydrogen-bond donors (Lipinski definition) is 0. The van der Waals surface area contributed by atoms with Gasteiger partial charge in [0.2, 0.25) is 0 Å². The van der Waals surface area contributed by atoms with Gasteiger partial charge in [0.1, 0.15) is 11.6 Å². The Morgan fingerprint density at radius 1 is 1.12 bits per heavy atom. The molecule has 17 heavy (non-hydrogen) atoms. The van der Waals surface area contributed by atoms with Crippen molar-refractivity contribution < 1.29 is 4.74 Å². The van der Waals surface area contributed by atoms with E-state index in [9.17, 15) is 0 Å². The molecule has 0 aliphatic carbocycles. The minimum absolute atomic E-state index is 0.0221. The highest BCUT2D eigenvalue weighted by Crippen LogP contribution is 2.23. The lowest BCUT2D eigenvalue weighted by molar-refractivity contribution is 0.0201. The second-order valence-corrected chi connectivity index (χ2v) is 6.37. The van der Waals surface area contributed by atoms with E-state index in [4.69, 9.17) is 4.74 Å². The van der Waals surface area contributed by atoms with Crippen molar-refractivity contribution in [3.63, 3.8) is 0 Å². The summed E-state index contributed by atoms with van der Waals surface area (Å²) in [5.41, 5.74) is -0.245. The first kappa shape index (κ1) is 14.6. The minimum atomic E-state index is -0.223. The molecule has 0 bridgehead atoms. The van der Waals surface area contributed by atoms with E-state index in [0.29, 0.717) is 5.33 Å². The van der Waals surface area contributed by atoms with Crippen LogP contribution in [0.15, 0.2) is 0 Å². The maximum atomic E-state index is 5.46. The molecule has 0 fully saturated rings. The molecule has 0 atom stereocenters. The normalized spacial score (nSPS) is 13.1. The van der Waals surface area contributed by atoms with Crippen LogP contribution in [0, 0.1) is 0 Å². The minimum Gasteiger partial charge on any atom is -0.378 e. The van der Waals surface area contributed by atoms with E-state index in [2.05, 4.69) is 65.3 Å². The summed E-state index contributed by atoms with van der Waals surface area (Å²) in [4.78, 5) is 0. The van der Waals surface area contributed by atoms with Crippen molar-refractivity contribution in [2.75, 3.05) is 7.11 Å². The van der Waals surface area contributed by atoms with Gasteiger partial charge in [-0.15, -0.1) is 10.2 Å². The van der Waals surface area contributed by atoms with Gasteiger partial charge >= 0.3 is 0 Å². The van der Waals surface area contributed by atoms with Crippen LogP contribution in [0.5, 0.6) is 0 Å². The first-order valence-corrected chi connectivity index (χ1v) is 6.88. The number of aromatic nitrogens is 3. The van der Waals surface area contributed by atoms with Gasteiger partial charge in [0, 0.05) is 19.1 Å². The molecule has 1 aromatic rings. The summed E-state index contributed by atoms with van der Waals surface area (Å²) in [6.45, 7) is 10.6. The second-order valence-electron chi connectivity index (χ2n) is 5.81. The van der Waals surface area contributed by atoms with Crippen molar-refractivity contribution in [2.24, 2.45) is 0 Å². The lowest BCUT2D eigenvalue weighted by Crippen LogP contribution is -2.32. The summed E-state index contributed by atoms with van der Waals surface area (Å²) in [5.74, 6) is 1.93. The molecule has 0 aromatic carbocycles. The number of rotatable bonds is 4. The number of hydrogen-bond acceptors (Lipinski definition) is 3. The van der Waals surface area contributed by atoms with E-state index in [1.165, 1.54) is 0 Å². The van der Waals surface area contributed by atoms with Crippen LogP contribution in [0.25, 0.3) is 0 Å². The Morgan fingerprint density at radius 2 is 1.65 bits per heavy atom. The molecule has 0 aliphatic heterocycles. The Morgan fingerprint density at radius 3 is 2.06 bits per heavy atom. The van der Waals surface area contributed by atoms with Crippen molar-refractivity contribution in [3.8, 4) is 0 Å². The topological polar surface area (TPSA) is 39.9 Å². The maximum absolute atomic E-state index is 5.46. The van der Waals surface area contributed by atoms with Crippen LogP contribution in [0.1, 0.15) is 46.3 Å². The Kier molecular flexibility index (Phi) is 4.36. The zero-order valence-electron chi connectivity index (χ0n) is 11.5. The van der Waals surface area contributed by atoms with Crippen molar-refractivity contribution >= 4 is 15.9 Å². The van der Waals surface area contributed by atoms with Crippen LogP contribution in [0.3, 0.4) is 0 Å². The average molecular weight is 304 g/mol. The molecule has 0 amide bonds. The van der Waals surface area contributed by atoms with Gasteiger partial charge in [-0.3, -0.25) is 0 Å². The van der Waals surface area contributed by atoms with E-state index in [0.717, 1.165) is 18.1 Å². The molecule has 0 radical (unpaired) electrons. The van der Waals surface area contributed by atoms with Gasteiger partial charge in [0.15, 0.2) is 0 Å². The third-order valence-electron chi connectivity index (χ3n) is 2.72. The van der Waals surface area contributed by atoms with Gasteiger partial charge in [-0.1, -0.05) is 15.9 Å². The van der Waals surface area contributed by atoms with Gasteiger partial charge in [0.25, 0.3) is 0 Å². The zero-order chi connectivity index (χ0) is 13.3. The number of alkyl halides is 1. The number of halogens is 1. The highest BCUT2D eigenvalue weighted by atomic mass is 79.9. The molecule has 0 N–H and O–H groups in total. The molecule has 0 saturated carbocycles. The first-order valence-electron chi connectivity index (χ1n) is 5.76. The van der Waals surface area contributed by atoms with Crippen LogP contribution in [0.2, 0.25) is 0 Å². The summed E-state index contributed by atoms with van der Waals surface area (Å²) in [6.07, 6.45) is 0.751. The molecule has 5 heteroatoms. The largest absolute Gasteiger partial charge is 0.378 e. The van der Waals surface area contributed by atoms with Gasteiger partial charge in [-0.25, -0.2) is 0 Å². The van der Waals surface area contributed by atoms with Crippen LogP contribution in [-0.4, -0.2) is 27.5 Å². The van der Waals surface area contributed by atoms with E-state index in [-0.39, 0.29) is 11.1 Å². The summed E-state index contributed by atoms with van der Waals surface area (Å²) in [5, 5.41) is 9.23. The van der Waals surface area contributed by atoms with E-state index in [1.54, 1.807) is 7.11 Å². The fourth-order valence-electron chi connectivity index (χ4n) is 1.78. The maximum Gasteiger partial charge on any atom is 0.144 e. The van der Waals surface area contributed by atoms with Crippen molar-refractivity contribution in [3.05, 3.63) is 11.6 Å². The highest BCUT2D eigenvalue weighted by Gasteiger charge is 2.27. The van der Waals surface area contributed by atoms with Crippen LogP contribution < -0.4 is 0 Å². The van der Waals surface area contributed by atoms with Gasteiger partial charge in [0.05, 0.1) is 10.9 Å². The number of methoxy groups -OCH3 is 1. The van der Waals surface area contributed by atoms with Crippen LogP contribution in [0.4, 0.5) is 0 Å². The Labute approximate surface area is 112 Å². The average Bonchev–Trinajstić information content (AvgIpc) is 2.59. The summed E-state index contributed by atoms with van der Waals surface area (Å²) >= 11 is 3.46. The summed E-state index contributed by atoms with van der Waals surface area (Å²) in [6, 6.07) is 0. The Bertz CT molecular complexity index is 380. The molecule has 0 spiro atoms. The van der Waals surface area contributed by atoms with Crippen LogP contribution >= 0.6 is 15.9 Å². The third kappa shape index (κ3) is 3.52. The van der Waals surface area contributed by atoms with Crippen molar-refractivity contribution in [1.82, 2.24) is 14.8 Å². The lowest BCUT2D eigenvalue weighted by atomic mass is 10.0. The lowest BCUT2D eigenvalue weighted by Gasteiger charge is -2.28.